The molecule has 0 fully saturated rings. The molecule has 0 aromatic carbocycles. The molecule has 3 N–H and O–H groups in total. The lowest BCUT2D eigenvalue weighted by Crippen LogP contribution is -2.06. The Bertz CT molecular complexity index is 48.2. The molecule has 0 unspecified atom stereocenters. The summed E-state index contributed by atoms with van der Waals surface area (Å²) in [5.41, 5.74) is 4.50. The van der Waals surface area contributed by atoms with Crippen molar-refractivity contribution in [2.45, 2.75) is 0 Å². The highest BCUT2D eigenvalue weighted by Crippen LogP contribution is 1.67. The lowest BCUT2D eigenvalue weighted by atomic mass is 11.2. The van der Waals surface area contributed by atoms with Gasteiger partial charge < -0.3 is 11.1 Å². The van der Waals surface area contributed by atoms with E-state index in [0.717, 1.165) is 0 Å². The summed E-state index contributed by atoms with van der Waals surface area (Å²) in [6, 6.07) is 0. The molecule has 0 atom stereocenters. The molecule has 1 amide bonds. The number of hydrogen-bond acceptors (Lipinski definition) is 2. The lowest BCUT2D eigenvalue weighted by Gasteiger charge is -1.78. The molecule has 0 aliphatic rings. The number of carbonyl (C=O) groups is 1. The Balaban J connectivity index is 0. The first-order valence-electron chi connectivity index (χ1n) is 1.76. The molecular formula is C3H10N2OS. The predicted octanol–water partition coefficient (Wildman–Crippen LogP) is -0.170. The lowest BCUT2D eigenvalue weighted by molar-refractivity contribution is 0.262. The topological polar surface area (TPSA) is 55.1 Å². The third kappa shape index (κ3) is 26.1. The number of nitrogens with one attached hydrogen (secondary N) is 1. The van der Waals surface area contributed by atoms with Crippen LogP contribution < -0.4 is 11.1 Å². The van der Waals surface area contributed by atoms with Crippen molar-refractivity contribution in [1.29, 1.82) is 0 Å². The first-order valence-corrected chi connectivity index (χ1v) is 2.20. The van der Waals surface area contributed by atoms with Gasteiger partial charge in [-0.1, -0.05) is 12.6 Å². The van der Waals surface area contributed by atoms with Crippen LogP contribution in [0.4, 0.5) is 4.79 Å². The second-order valence-electron chi connectivity index (χ2n) is 0.555. The highest BCUT2D eigenvalue weighted by atomic mass is 32.1. The molecule has 0 bridgehead atoms. The van der Waals surface area contributed by atoms with Crippen molar-refractivity contribution in [2.24, 2.45) is 5.73 Å². The maximum Gasteiger partial charge on any atom is 0.275 e. The molecule has 0 aromatic rings. The number of nitrogens with two attached hydrogens (primary N) is 1. The Labute approximate surface area is 48.7 Å². The summed E-state index contributed by atoms with van der Waals surface area (Å²) in [6.07, 6.45) is 0. The van der Waals surface area contributed by atoms with Crippen LogP contribution in [0.1, 0.15) is 0 Å². The molecule has 44 valence electrons. The van der Waals surface area contributed by atoms with Crippen molar-refractivity contribution >= 4 is 17.9 Å². The van der Waals surface area contributed by atoms with Gasteiger partial charge in [-0.05, 0) is 7.05 Å². The first kappa shape index (κ1) is 9.91. The Hall–Kier alpha value is -0.220. The van der Waals surface area contributed by atoms with E-state index in [9.17, 15) is 4.79 Å². The van der Waals surface area contributed by atoms with Crippen LogP contribution in [0.15, 0.2) is 0 Å². The molecule has 0 heterocycles. The minimum absolute atomic E-state index is 0.301. The molecule has 0 spiro atoms. The SMILES string of the molecule is CN.CNC(=O)S. The van der Waals surface area contributed by atoms with E-state index in [1.807, 2.05) is 0 Å². The molecule has 7 heavy (non-hydrogen) atoms. The van der Waals surface area contributed by atoms with E-state index in [2.05, 4.69) is 23.7 Å². The molecule has 3 nitrogen and oxygen atoms in total. The Morgan fingerprint density at radius 1 is 1.71 bits per heavy atom. The summed E-state index contributed by atoms with van der Waals surface area (Å²) < 4.78 is 0. The van der Waals surface area contributed by atoms with Gasteiger partial charge in [0.2, 0.25) is 0 Å². The quantitative estimate of drug-likeness (QED) is 0.391. The van der Waals surface area contributed by atoms with Gasteiger partial charge in [-0.3, -0.25) is 4.79 Å². The zero-order chi connectivity index (χ0) is 6.28. The summed E-state index contributed by atoms with van der Waals surface area (Å²) in [6.45, 7) is 0. The normalized spacial score (nSPS) is 5.71. The molecule has 0 aromatic heterocycles. The highest BCUT2D eigenvalue weighted by molar-refractivity contribution is 7.96. The van der Waals surface area contributed by atoms with E-state index in [4.69, 9.17) is 0 Å². The van der Waals surface area contributed by atoms with Gasteiger partial charge in [0, 0.05) is 7.05 Å². The van der Waals surface area contributed by atoms with Crippen molar-refractivity contribution in [2.75, 3.05) is 14.1 Å². The number of carbonyl (C=O) groups excluding carboxylic acids is 1. The molecule has 4 heteroatoms. The summed E-state index contributed by atoms with van der Waals surface area (Å²) >= 11 is 3.35. The van der Waals surface area contributed by atoms with Crippen LogP contribution in [-0.2, 0) is 0 Å². The van der Waals surface area contributed by atoms with E-state index in [-0.39, 0.29) is 5.24 Å². The van der Waals surface area contributed by atoms with Crippen LogP contribution >= 0.6 is 12.6 Å². The Kier molecular flexibility index (Phi) is 13.1. The summed E-state index contributed by atoms with van der Waals surface area (Å²) in [4.78, 5) is 9.57. The van der Waals surface area contributed by atoms with Crippen molar-refractivity contribution in [1.82, 2.24) is 5.32 Å². The zero-order valence-corrected chi connectivity index (χ0v) is 5.33. The van der Waals surface area contributed by atoms with Gasteiger partial charge in [-0.15, -0.1) is 0 Å². The molecule has 0 saturated heterocycles. The van der Waals surface area contributed by atoms with Crippen molar-refractivity contribution in [3.8, 4) is 0 Å². The summed E-state index contributed by atoms with van der Waals surface area (Å²) in [5.74, 6) is 0. The van der Waals surface area contributed by atoms with E-state index in [1.54, 1.807) is 0 Å². The molecule has 0 rings (SSSR count). The summed E-state index contributed by atoms with van der Waals surface area (Å²) in [5, 5.41) is 1.95. The molecule has 0 saturated carbocycles. The number of thiol groups is 1. The van der Waals surface area contributed by atoms with Gasteiger partial charge in [0.25, 0.3) is 5.24 Å². The van der Waals surface area contributed by atoms with E-state index in [0.29, 0.717) is 0 Å². The van der Waals surface area contributed by atoms with Crippen LogP contribution in [-0.4, -0.2) is 19.3 Å². The zero-order valence-electron chi connectivity index (χ0n) is 4.43. The van der Waals surface area contributed by atoms with Crippen LogP contribution in [0, 0.1) is 0 Å². The predicted molar refractivity (Wildman–Crippen MR) is 33.6 cm³/mol. The monoisotopic (exact) mass is 122 g/mol. The smallest absolute Gasteiger partial charge is 0.275 e. The van der Waals surface area contributed by atoms with E-state index < -0.39 is 0 Å². The average molecular weight is 122 g/mol. The van der Waals surface area contributed by atoms with Crippen LogP contribution in [0.5, 0.6) is 0 Å². The van der Waals surface area contributed by atoms with Gasteiger partial charge in [-0.2, -0.15) is 0 Å². The van der Waals surface area contributed by atoms with Crippen molar-refractivity contribution in [3.05, 3.63) is 0 Å². The fourth-order valence-corrected chi connectivity index (χ4v) is 0. The minimum Gasteiger partial charge on any atom is -0.350 e. The largest absolute Gasteiger partial charge is 0.350 e. The van der Waals surface area contributed by atoms with E-state index >= 15 is 0 Å². The van der Waals surface area contributed by atoms with Gasteiger partial charge in [0.1, 0.15) is 0 Å². The number of amides is 1. The second kappa shape index (κ2) is 9.24. The first-order chi connectivity index (χ1) is 3.27. The number of hydrogen-bond donors (Lipinski definition) is 3. The maximum atomic E-state index is 9.57. The van der Waals surface area contributed by atoms with Crippen molar-refractivity contribution in [3.63, 3.8) is 0 Å². The molecular weight excluding hydrogens is 112 g/mol. The molecule has 0 aliphatic heterocycles. The second-order valence-corrected chi connectivity index (χ2v) is 0.961. The van der Waals surface area contributed by atoms with Crippen LogP contribution in [0.25, 0.3) is 0 Å². The average Bonchev–Trinajstić information content (AvgIpc) is 1.73. The number of rotatable bonds is 0. The van der Waals surface area contributed by atoms with Crippen LogP contribution in [0.3, 0.4) is 0 Å². The Morgan fingerprint density at radius 3 is 1.86 bits per heavy atom. The molecule has 0 aliphatic carbocycles. The van der Waals surface area contributed by atoms with E-state index in [1.165, 1.54) is 14.1 Å². The molecule has 0 radical (unpaired) electrons. The van der Waals surface area contributed by atoms with Crippen molar-refractivity contribution < 1.29 is 4.79 Å². The minimum atomic E-state index is -0.301. The van der Waals surface area contributed by atoms with Crippen LogP contribution in [0.2, 0.25) is 0 Å². The third-order valence-corrected chi connectivity index (χ3v) is 0.437. The third-order valence-electron chi connectivity index (χ3n) is 0.214. The van der Waals surface area contributed by atoms with Gasteiger partial charge >= 0.3 is 0 Å². The summed E-state index contributed by atoms with van der Waals surface area (Å²) in [7, 11) is 3.02. The Morgan fingerprint density at radius 2 is 1.86 bits per heavy atom. The van der Waals surface area contributed by atoms with Gasteiger partial charge in [-0.25, -0.2) is 0 Å². The fraction of sp³-hybridized carbons (Fsp3) is 0.667. The standard InChI is InChI=1S/C2H5NOS.CH5N/c1-3-2(4)5;1-2/h1H3,(H2,3,4,5);2H2,1H3. The fourth-order valence-electron chi connectivity index (χ4n) is 0. The highest BCUT2D eigenvalue weighted by Gasteiger charge is 1.74. The van der Waals surface area contributed by atoms with Gasteiger partial charge in [0.15, 0.2) is 0 Å². The maximum absolute atomic E-state index is 9.57. The van der Waals surface area contributed by atoms with Gasteiger partial charge in [0.05, 0.1) is 0 Å².